The van der Waals surface area contributed by atoms with Gasteiger partial charge >= 0.3 is 0 Å². The van der Waals surface area contributed by atoms with Crippen LogP contribution in [0, 0.1) is 0 Å². The SMILES string of the molecule is [N-]=[N+]=NC1(N=[N+]=[N-])C=C([S@](=O)c2ccccc2)C=CC1. The summed E-state index contributed by atoms with van der Waals surface area (Å²) in [5, 5.41) is 7.06. The van der Waals surface area contributed by atoms with E-state index < -0.39 is 16.5 Å². The quantitative estimate of drug-likeness (QED) is 0.465. The highest BCUT2D eigenvalue weighted by atomic mass is 32.2. The molecular weight excluding hydrogens is 276 g/mol. The Hall–Kier alpha value is -2.53. The minimum atomic E-state index is -1.42. The first-order chi connectivity index (χ1) is 9.71. The molecule has 1 aliphatic carbocycles. The van der Waals surface area contributed by atoms with Crippen molar-refractivity contribution in [2.75, 3.05) is 0 Å². The van der Waals surface area contributed by atoms with Crippen molar-refractivity contribution in [3.63, 3.8) is 0 Å². The van der Waals surface area contributed by atoms with Crippen molar-refractivity contribution >= 4 is 10.8 Å². The summed E-state index contributed by atoms with van der Waals surface area (Å²) in [7, 11) is -1.42. The molecule has 0 saturated heterocycles. The predicted molar refractivity (Wildman–Crippen MR) is 75.7 cm³/mol. The molecular formula is C12H10N6OS. The number of benzene rings is 1. The lowest BCUT2D eigenvalue weighted by Gasteiger charge is -2.21. The average molecular weight is 286 g/mol. The molecule has 100 valence electrons. The van der Waals surface area contributed by atoms with E-state index in [4.69, 9.17) is 11.1 Å². The van der Waals surface area contributed by atoms with E-state index in [9.17, 15) is 4.21 Å². The van der Waals surface area contributed by atoms with Crippen LogP contribution in [0.2, 0.25) is 0 Å². The standard InChI is InChI=1S/C12H10N6OS/c13-17-15-12(16-18-14)8-4-7-11(9-12)20(19)10-5-2-1-3-6-10/h1-7,9H,8H2/t20-/m1/s1. The molecule has 0 aromatic heterocycles. The summed E-state index contributed by atoms with van der Waals surface area (Å²) < 4.78 is 12.4. The van der Waals surface area contributed by atoms with Crippen LogP contribution in [0.4, 0.5) is 0 Å². The van der Waals surface area contributed by atoms with Crippen LogP contribution in [-0.2, 0) is 10.8 Å². The molecule has 0 radical (unpaired) electrons. The van der Waals surface area contributed by atoms with Gasteiger partial charge in [0.05, 0.1) is 10.8 Å². The molecule has 1 aromatic carbocycles. The number of allylic oxidation sites excluding steroid dienone is 1. The van der Waals surface area contributed by atoms with E-state index in [1.165, 1.54) is 6.08 Å². The number of hydrogen-bond donors (Lipinski definition) is 0. The van der Waals surface area contributed by atoms with E-state index in [1.807, 2.05) is 6.07 Å². The fourth-order valence-electron chi connectivity index (χ4n) is 1.79. The van der Waals surface area contributed by atoms with Gasteiger partial charge in [-0.3, -0.25) is 0 Å². The summed E-state index contributed by atoms with van der Waals surface area (Å²) in [6, 6.07) is 8.88. The normalized spacial score (nSPS) is 22.1. The number of nitrogens with zero attached hydrogens (tertiary/aromatic N) is 6. The van der Waals surface area contributed by atoms with E-state index in [0.717, 1.165) is 0 Å². The van der Waals surface area contributed by atoms with Gasteiger partial charge in [0.1, 0.15) is 5.66 Å². The lowest BCUT2D eigenvalue weighted by molar-refractivity contribution is 0.548. The van der Waals surface area contributed by atoms with Crippen molar-refractivity contribution in [3.05, 3.63) is 74.4 Å². The Kier molecular flexibility index (Phi) is 4.22. The molecule has 8 heteroatoms. The summed E-state index contributed by atoms with van der Waals surface area (Å²) in [6.07, 6.45) is 5.06. The maximum absolute atomic E-state index is 12.4. The van der Waals surface area contributed by atoms with E-state index in [-0.39, 0.29) is 6.42 Å². The van der Waals surface area contributed by atoms with Crippen LogP contribution in [-0.4, -0.2) is 9.87 Å². The van der Waals surface area contributed by atoms with Gasteiger partial charge in [-0.15, -0.1) is 0 Å². The van der Waals surface area contributed by atoms with Gasteiger partial charge in [-0.2, -0.15) is 0 Å². The minimum absolute atomic E-state index is 0.247. The van der Waals surface area contributed by atoms with Crippen LogP contribution in [0.1, 0.15) is 6.42 Å². The Balaban J connectivity index is 2.43. The van der Waals surface area contributed by atoms with Gasteiger partial charge in [-0.1, -0.05) is 34.5 Å². The summed E-state index contributed by atoms with van der Waals surface area (Å²) in [5.74, 6) is 0. The number of rotatable bonds is 4. The van der Waals surface area contributed by atoms with E-state index in [2.05, 4.69) is 20.1 Å². The molecule has 7 nitrogen and oxygen atoms in total. The van der Waals surface area contributed by atoms with Crippen molar-refractivity contribution in [1.82, 2.24) is 0 Å². The number of azide groups is 1. The second-order valence-corrected chi connectivity index (χ2v) is 5.47. The summed E-state index contributed by atoms with van der Waals surface area (Å²) in [5.41, 5.74) is 15.8. The molecule has 0 spiro atoms. The van der Waals surface area contributed by atoms with Crippen molar-refractivity contribution in [2.24, 2.45) is 10.2 Å². The van der Waals surface area contributed by atoms with Crippen molar-refractivity contribution in [3.8, 4) is 0 Å². The first-order valence-electron chi connectivity index (χ1n) is 5.69. The van der Waals surface area contributed by atoms with Gasteiger partial charge < -0.3 is 0 Å². The Morgan fingerprint density at radius 1 is 1.15 bits per heavy atom. The maximum atomic E-state index is 12.4. The zero-order chi connectivity index (χ0) is 14.4. The molecule has 2 rings (SSSR count). The van der Waals surface area contributed by atoms with Crippen LogP contribution < -0.4 is 0 Å². The third-order valence-corrected chi connectivity index (χ3v) is 4.06. The second kappa shape index (κ2) is 6.08. The summed E-state index contributed by atoms with van der Waals surface area (Å²) in [6.45, 7) is 0. The van der Waals surface area contributed by atoms with E-state index in [0.29, 0.717) is 9.80 Å². The molecule has 0 unspecified atom stereocenters. The largest absolute Gasteiger partial charge is 0.249 e. The lowest BCUT2D eigenvalue weighted by Crippen LogP contribution is -2.21. The summed E-state index contributed by atoms with van der Waals surface area (Å²) in [4.78, 5) is 6.47. The van der Waals surface area contributed by atoms with E-state index >= 15 is 0 Å². The van der Waals surface area contributed by atoms with E-state index in [1.54, 1.807) is 36.4 Å². The third-order valence-electron chi connectivity index (χ3n) is 2.68. The van der Waals surface area contributed by atoms with Gasteiger partial charge in [-0.05, 0) is 41.8 Å². The third kappa shape index (κ3) is 2.89. The monoisotopic (exact) mass is 286 g/mol. The molecule has 1 aliphatic rings. The molecule has 0 N–H and O–H groups in total. The van der Waals surface area contributed by atoms with Gasteiger partial charge in [0.2, 0.25) is 0 Å². The highest BCUT2D eigenvalue weighted by Gasteiger charge is 2.28. The Morgan fingerprint density at radius 3 is 2.40 bits per heavy atom. The zero-order valence-electron chi connectivity index (χ0n) is 10.3. The Bertz CT molecular complexity index is 665. The van der Waals surface area contributed by atoms with Crippen LogP contribution in [0.5, 0.6) is 0 Å². The molecule has 0 amide bonds. The average Bonchev–Trinajstić information content (AvgIpc) is 2.48. The summed E-state index contributed by atoms with van der Waals surface area (Å²) >= 11 is 0. The molecule has 1 aromatic rings. The van der Waals surface area contributed by atoms with Gasteiger partial charge in [-0.25, -0.2) is 4.21 Å². The van der Waals surface area contributed by atoms with Crippen molar-refractivity contribution < 1.29 is 4.21 Å². The fraction of sp³-hybridized carbons (Fsp3) is 0.167. The highest BCUT2D eigenvalue weighted by Crippen LogP contribution is 2.30. The van der Waals surface area contributed by atoms with Gasteiger partial charge in [0, 0.05) is 19.6 Å². The first-order valence-corrected chi connectivity index (χ1v) is 6.84. The molecule has 0 saturated carbocycles. The first kappa shape index (κ1) is 13.9. The van der Waals surface area contributed by atoms with Crippen LogP contribution in [0.15, 0.2) is 68.6 Å². The van der Waals surface area contributed by atoms with Crippen LogP contribution in [0.25, 0.3) is 20.9 Å². The highest BCUT2D eigenvalue weighted by molar-refractivity contribution is 7.89. The molecule has 20 heavy (non-hydrogen) atoms. The lowest BCUT2D eigenvalue weighted by atomic mass is 10.0. The van der Waals surface area contributed by atoms with Crippen LogP contribution >= 0.6 is 0 Å². The smallest absolute Gasteiger partial charge is 0.150 e. The molecule has 0 heterocycles. The fourth-order valence-corrected chi connectivity index (χ4v) is 2.99. The number of hydrogen-bond acceptors (Lipinski definition) is 3. The van der Waals surface area contributed by atoms with Crippen molar-refractivity contribution in [2.45, 2.75) is 17.0 Å². The van der Waals surface area contributed by atoms with Gasteiger partial charge in [0.15, 0.2) is 0 Å². The maximum Gasteiger partial charge on any atom is 0.150 e. The zero-order valence-corrected chi connectivity index (χ0v) is 11.1. The van der Waals surface area contributed by atoms with Crippen molar-refractivity contribution in [1.29, 1.82) is 0 Å². The molecule has 0 fully saturated rings. The van der Waals surface area contributed by atoms with Gasteiger partial charge in [0.25, 0.3) is 0 Å². The molecule has 0 aliphatic heterocycles. The topological polar surface area (TPSA) is 115 Å². The molecule has 0 bridgehead atoms. The van der Waals surface area contributed by atoms with Crippen LogP contribution in [0.3, 0.4) is 0 Å². The second-order valence-electron chi connectivity index (χ2n) is 3.99. The molecule has 1 atom stereocenters. The Morgan fingerprint density at radius 2 is 1.80 bits per heavy atom. The Labute approximate surface area is 117 Å². The minimum Gasteiger partial charge on any atom is -0.249 e. The predicted octanol–water partition coefficient (Wildman–Crippen LogP) is 3.95.